The van der Waals surface area contributed by atoms with Crippen LogP contribution in [0.15, 0.2) is 0 Å². The van der Waals surface area contributed by atoms with Gasteiger partial charge in [0.15, 0.2) is 0 Å². The Morgan fingerprint density at radius 2 is 1.67 bits per heavy atom. The highest BCUT2D eigenvalue weighted by atomic mass is 16.5. The molecule has 0 unspecified atom stereocenters. The first-order valence-electron chi connectivity index (χ1n) is 7.76. The van der Waals surface area contributed by atoms with Gasteiger partial charge >= 0.3 is 0 Å². The van der Waals surface area contributed by atoms with E-state index in [0.29, 0.717) is 5.41 Å². The molecule has 0 saturated heterocycles. The van der Waals surface area contributed by atoms with Crippen molar-refractivity contribution in [2.45, 2.75) is 71.8 Å². The van der Waals surface area contributed by atoms with Gasteiger partial charge in [0.2, 0.25) is 0 Å². The highest BCUT2D eigenvalue weighted by Gasteiger charge is 2.29. The Hall–Kier alpha value is -0.0800. The fourth-order valence-electron chi connectivity index (χ4n) is 3.02. The topological polar surface area (TPSA) is 21.3 Å². The molecule has 0 aliphatic heterocycles. The second kappa shape index (κ2) is 8.16. The second-order valence-corrected chi connectivity index (χ2v) is 6.92. The lowest BCUT2D eigenvalue weighted by molar-refractivity contribution is 0.160. The molecule has 1 aliphatic rings. The van der Waals surface area contributed by atoms with E-state index in [1.807, 2.05) is 0 Å². The number of rotatable bonds is 7. The quantitative estimate of drug-likeness (QED) is 0.694. The molecule has 0 aromatic heterocycles. The van der Waals surface area contributed by atoms with Crippen LogP contribution in [0.3, 0.4) is 0 Å². The summed E-state index contributed by atoms with van der Waals surface area (Å²) in [5.74, 6) is 0.928. The van der Waals surface area contributed by atoms with Gasteiger partial charge in [0.1, 0.15) is 0 Å². The molecule has 0 spiro atoms. The lowest BCUT2D eigenvalue weighted by Crippen LogP contribution is -2.36. The molecule has 2 heteroatoms. The van der Waals surface area contributed by atoms with Crippen LogP contribution < -0.4 is 5.32 Å². The van der Waals surface area contributed by atoms with E-state index >= 15 is 0 Å². The summed E-state index contributed by atoms with van der Waals surface area (Å²) in [5, 5.41) is 3.73. The molecule has 0 aromatic carbocycles. The third-order valence-electron chi connectivity index (χ3n) is 4.41. The molecule has 0 heterocycles. The molecule has 1 saturated carbocycles. The van der Waals surface area contributed by atoms with E-state index in [1.54, 1.807) is 7.11 Å². The number of ether oxygens (including phenoxy) is 1. The second-order valence-electron chi connectivity index (χ2n) is 6.92. The molecule has 0 radical (unpaired) electrons. The van der Waals surface area contributed by atoms with Gasteiger partial charge < -0.3 is 10.1 Å². The van der Waals surface area contributed by atoms with E-state index in [1.165, 1.54) is 51.5 Å². The van der Waals surface area contributed by atoms with Gasteiger partial charge in [0.05, 0.1) is 0 Å². The minimum absolute atomic E-state index is 0.505. The summed E-state index contributed by atoms with van der Waals surface area (Å²) in [6, 6.07) is 0.783. The first kappa shape index (κ1) is 16.0. The summed E-state index contributed by atoms with van der Waals surface area (Å²) < 4.78 is 5.06. The first-order chi connectivity index (χ1) is 8.54. The van der Waals surface area contributed by atoms with Gasteiger partial charge in [-0.2, -0.15) is 0 Å². The Balaban J connectivity index is 2.02. The van der Waals surface area contributed by atoms with E-state index in [-0.39, 0.29) is 0 Å². The molecule has 108 valence electrons. The van der Waals surface area contributed by atoms with Crippen molar-refractivity contribution in [2.75, 3.05) is 20.3 Å². The molecule has 0 amide bonds. The van der Waals surface area contributed by atoms with Crippen LogP contribution in [0.1, 0.15) is 65.7 Å². The van der Waals surface area contributed by atoms with Crippen LogP contribution in [0.5, 0.6) is 0 Å². The molecule has 1 rings (SSSR count). The SMILES string of the molecule is COCCCCCNC1CCC(C(C)(C)C)CC1. The van der Waals surface area contributed by atoms with Crippen LogP contribution in [0, 0.1) is 11.3 Å². The van der Waals surface area contributed by atoms with Crippen LogP contribution >= 0.6 is 0 Å². The average molecular weight is 255 g/mol. The molecule has 18 heavy (non-hydrogen) atoms. The zero-order chi connectivity index (χ0) is 13.4. The van der Waals surface area contributed by atoms with Crippen LogP contribution in [0.4, 0.5) is 0 Å². The summed E-state index contributed by atoms with van der Waals surface area (Å²) in [7, 11) is 1.78. The molecule has 2 nitrogen and oxygen atoms in total. The number of hydrogen-bond donors (Lipinski definition) is 1. The predicted octanol–water partition coefficient (Wildman–Crippen LogP) is 4.00. The largest absolute Gasteiger partial charge is 0.385 e. The first-order valence-corrected chi connectivity index (χ1v) is 7.76. The molecule has 0 bridgehead atoms. The number of methoxy groups -OCH3 is 1. The average Bonchev–Trinajstić information content (AvgIpc) is 2.33. The van der Waals surface area contributed by atoms with Gasteiger partial charge in [-0.25, -0.2) is 0 Å². The Kier molecular flexibility index (Phi) is 7.25. The van der Waals surface area contributed by atoms with Crippen molar-refractivity contribution in [3.63, 3.8) is 0 Å². The third-order valence-corrected chi connectivity index (χ3v) is 4.41. The smallest absolute Gasteiger partial charge is 0.0462 e. The van der Waals surface area contributed by atoms with Gasteiger partial charge in [-0.1, -0.05) is 20.8 Å². The molecular weight excluding hydrogens is 222 g/mol. The van der Waals surface area contributed by atoms with Crippen molar-refractivity contribution < 1.29 is 4.74 Å². The van der Waals surface area contributed by atoms with Crippen molar-refractivity contribution in [2.24, 2.45) is 11.3 Å². The Bertz CT molecular complexity index is 202. The zero-order valence-electron chi connectivity index (χ0n) is 12.9. The van der Waals surface area contributed by atoms with Crippen molar-refractivity contribution in [1.29, 1.82) is 0 Å². The van der Waals surface area contributed by atoms with Crippen LogP contribution in [-0.4, -0.2) is 26.3 Å². The van der Waals surface area contributed by atoms with Gasteiger partial charge in [0.25, 0.3) is 0 Å². The third kappa shape index (κ3) is 6.19. The van der Waals surface area contributed by atoms with E-state index < -0.39 is 0 Å². The summed E-state index contributed by atoms with van der Waals surface area (Å²) >= 11 is 0. The van der Waals surface area contributed by atoms with Gasteiger partial charge in [-0.3, -0.25) is 0 Å². The summed E-state index contributed by atoms with van der Waals surface area (Å²) in [5.41, 5.74) is 0.505. The van der Waals surface area contributed by atoms with E-state index in [9.17, 15) is 0 Å². The minimum atomic E-state index is 0.505. The normalized spacial score (nSPS) is 25.3. The molecule has 1 aliphatic carbocycles. The zero-order valence-corrected chi connectivity index (χ0v) is 12.9. The van der Waals surface area contributed by atoms with Crippen LogP contribution in [0.2, 0.25) is 0 Å². The minimum Gasteiger partial charge on any atom is -0.385 e. The maximum atomic E-state index is 5.06. The molecule has 0 aromatic rings. The molecule has 1 N–H and O–H groups in total. The fraction of sp³-hybridized carbons (Fsp3) is 1.00. The van der Waals surface area contributed by atoms with Gasteiger partial charge in [-0.05, 0) is 62.8 Å². The highest BCUT2D eigenvalue weighted by Crippen LogP contribution is 2.37. The van der Waals surface area contributed by atoms with Crippen LogP contribution in [-0.2, 0) is 4.74 Å². The fourth-order valence-corrected chi connectivity index (χ4v) is 3.02. The lowest BCUT2D eigenvalue weighted by atomic mass is 9.71. The summed E-state index contributed by atoms with van der Waals surface area (Å²) in [6.45, 7) is 9.27. The summed E-state index contributed by atoms with van der Waals surface area (Å²) in [4.78, 5) is 0. The standard InChI is InChI=1S/C16H33NO/c1-16(2,3)14-8-10-15(11-9-14)17-12-6-5-7-13-18-4/h14-15,17H,5-13H2,1-4H3. The maximum absolute atomic E-state index is 5.06. The monoisotopic (exact) mass is 255 g/mol. The Labute approximate surface area is 114 Å². The molecular formula is C16H33NO. The van der Waals surface area contributed by atoms with Crippen molar-refractivity contribution in [1.82, 2.24) is 5.32 Å². The highest BCUT2D eigenvalue weighted by molar-refractivity contribution is 4.83. The number of unbranched alkanes of at least 4 members (excludes halogenated alkanes) is 2. The van der Waals surface area contributed by atoms with E-state index in [0.717, 1.165) is 18.6 Å². The number of nitrogens with one attached hydrogen (secondary N) is 1. The van der Waals surface area contributed by atoms with Gasteiger partial charge in [-0.15, -0.1) is 0 Å². The maximum Gasteiger partial charge on any atom is 0.0462 e. The van der Waals surface area contributed by atoms with Crippen molar-refractivity contribution in [3.05, 3.63) is 0 Å². The van der Waals surface area contributed by atoms with Crippen molar-refractivity contribution in [3.8, 4) is 0 Å². The van der Waals surface area contributed by atoms with Gasteiger partial charge in [0, 0.05) is 19.8 Å². The Morgan fingerprint density at radius 1 is 1.00 bits per heavy atom. The molecule has 0 atom stereocenters. The van der Waals surface area contributed by atoms with Crippen LogP contribution in [0.25, 0.3) is 0 Å². The van der Waals surface area contributed by atoms with E-state index in [2.05, 4.69) is 26.1 Å². The predicted molar refractivity (Wildman–Crippen MR) is 78.9 cm³/mol. The van der Waals surface area contributed by atoms with Crippen molar-refractivity contribution >= 4 is 0 Å². The lowest BCUT2D eigenvalue weighted by Gasteiger charge is -2.37. The van der Waals surface area contributed by atoms with E-state index in [4.69, 9.17) is 4.74 Å². The Morgan fingerprint density at radius 3 is 2.22 bits per heavy atom. The summed E-state index contributed by atoms with van der Waals surface area (Å²) in [6.07, 6.45) is 9.35. The number of hydrogen-bond acceptors (Lipinski definition) is 2. The molecule has 1 fully saturated rings.